The van der Waals surface area contributed by atoms with Gasteiger partial charge in [0.15, 0.2) is 0 Å². The molecule has 0 saturated heterocycles. The van der Waals surface area contributed by atoms with Crippen LogP contribution in [0.4, 0.5) is 11.5 Å². The van der Waals surface area contributed by atoms with Crippen LogP contribution in [0.5, 0.6) is 0 Å². The van der Waals surface area contributed by atoms with Crippen LogP contribution in [0.15, 0.2) is 12.3 Å². The van der Waals surface area contributed by atoms with Gasteiger partial charge >= 0.3 is 0 Å². The number of hydrogen-bond donors (Lipinski definition) is 2. The second kappa shape index (κ2) is 7.04. The molecule has 1 unspecified atom stereocenters. The van der Waals surface area contributed by atoms with Gasteiger partial charge in [0.2, 0.25) is 0 Å². The van der Waals surface area contributed by atoms with E-state index in [-0.39, 0.29) is 11.6 Å². The molecule has 6 nitrogen and oxygen atoms in total. The third-order valence-electron chi connectivity index (χ3n) is 3.36. The lowest BCUT2D eigenvalue weighted by atomic mass is 9.96. The van der Waals surface area contributed by atoms with Crippen molar-refractivity contribution in [3.05, 3.63) is 27.9 Å². The summed E-state index contributed by atoms with van der Waals surface area (Å²) in [4.78, 5) is 14.5. The normalized spacial score (nSPS) is 12.5. The average molecular weight is 267 g/mol. The number of aryl methyl sites for hydroxylation is 1. The van der Waals surface area contributed by atoms with Crippen LogP contribution in [0.3, 0.4) is 0 Å². The van der Waals surface area contributed by atoms with E-state index < -0.39 is 11.0 Å². The Kier molecular flexibility index (Phi) is 5.69. The highest BCUT2D eigenvalue weighted by atomic mass is 16.6. The van der Waals surface area contributed by atoms with Crippen LogP contribution in [0, 0.1) is 23.0 Å². The fourth-order valence-corrected chi connectivity index (χ4v) is 2.02. The van der Waals surface area contributed by atoms with Crippen LogP contribution in [0.1, 0.15) is 32.3 Å². The van der Waals surface area contributed by atoms with E-state index in [9.17, 15) is 15.2 Å². The molecule has 6 heteroatoms. The Morgan fingerprint density at radius 2 is 2.11 bits per heavy atom. The summed E-state index contributed by atoms with van der Waals surface area (Å²) in [5.74, 6) is 0.648. The minimum Gasteiger partial charge on any atom is -0.391 e. The summed E-state index contributed by atoms with van der Waals surface area (Å²) in [7, 11) is 0. The molecule has 1 atom stereocenters. The molecule has 0 amide bonds. The van der Waals surface area contributed by atoms with Gasteiger partial charge in [0.1, 0.15) is 5.82 Å². The van der Waals surface area contributed by atoms with Gasteiger partial charge in [-0.05, 0) is 12.8 Å². The zero-order chi connectivity index (χ0) is 14.4. The first-order valence-electron chi connectivity index (χ1n) is 6.52. The molecular formula is C13H21N3O3. The first kappa shape index (κ1) is 15.4. The molecular weight excluding hydrogens is 246 g/mol. The minimum atomic E-state index is -0.475. The summed E-state index contributed by atoms with van der Waals surface area (Å²) in [6.07, 6.45) is 2.79. The lowest BCUT2D eigenvalue weighted by Gasteiger charge is -2.20. The van der Waals surface area contributed by atoms with Crippen molar-refractivity contribution in [1.82, 2.24) is 4.98 Å². The number of anilines is 1. The van der Waals surface area contributed by atoms with Crippen molar-refractivity contribution in [2.24, 2.45) is 5.92 Å². The largest absolute Gasteiger partial charge is 0.391 e. The van der Waals surface area contributed by atoms with Gasteiger partial charge < -0.3 is 10.4 Å². The fourth-order valence-electron chi connectivity index (χ4n) is 2.02. The fraction of sp³-hybridized carbons (Fsp3) is 0.615. The smallest absolute Gasteiger partial charge is 0.277 e. The second-order valence-corrected chi connectivity index (χ2v) is 4.64. The van der Waals surface area contributed by atoms with Crippen molar-refractivity contribution in [2.75, 3.05) is 11.9 Å². The van der Waals surface area contributed by atoms with Gasteiger partial charge in [-0.2, -0.15) is 0 Å². The van der Waals surface area contributed by atoms with Gasteiger partial charge in [-0.25, -0.2) is 4.98 Å². The highest BCUT2D eigenvalue weighted by Crippen LogP contribution is 2.20. The highest BCUT2D eigenvalue weighted by Gasteiger charge is 2.16. The number of rotatable bonds is 7. The topological polar surface area (TPSA) is 88.3 Å². The second-order valence-electron chi connectivity index (χ2n) is 4.64. The maximum atomic E-state index is 10.8. The molecule has 1 rings (SSSR count). The Bertz CT molecular complexity index is 433. The van der Waals surface area contributed by atoms with Gasteiger partial charge in [-0.1, -0.05) is 26.7 Å². The number of aliphatic hydroxyl groups is 1. The molecule has 1 heterocycles. The minimum absolute atomic E-state index is 0.0366. The average Bonchev–Trinajstić information content (AvgIpc) is 2.38. The van der Waals surface area contributed by atoms with E-state index in [4.69, 9.17) is 0 Å². The van der Waals surface area contributed by atoms with Gasteiger partial charge in [-0.15, -0.1) is 0 Å². The predicted octanol–water partition coefficient (Wildman–Crippen LogP) is 2.51. The molecule has 0 bridgehead atoms. The predicted molar refractivity (Wildman–Crippen MR) is 74.2 cm³/mol. The molecule has 0 spiro atoms. The van der Waals surface area contributed by atoms with Crippen molar-refractivity contribution in [3.63, 3.8) is 0 Å². The molecule has 0 aliphatic rings. The van der Waals surface area contributed by atoms with E-state index in [1.807, 2.05) is 13.8 Å². The quantitative estimate of drug-likeness (QED) is 0.585. The highest BCUT2D eigenvalue weighted by molar-refractivity contribution is 5.48. The monoisotopic (exact) mass is 267 g/mol. The van der Waals surface area contributed by atoms with E-state index in [0.29, 0.717) is 17.9 Å². The number of aromatic nitrogens is 1. The van der Waals surface area contributed by atoms with Crippen LogP contribution in [0.25, 0.3) is 0 Å². The standard InChI is InChI=1S/C13H21N3O3/c1-4-10(5-2)12(17)8-15-13-6-11(16(18)19)9(3)7-14-13/h6-7,10,12,17H,4-5,8H2,1-3H3,(H,14,15). The maximum Gasteiger partial charge on any atom is 0.277 e. The zero-order valence-corrected chi connectivity index (χ0v) is 11.6. The van der Waals surface area contributed by atoms with E-state index in [1.165, 1.54) is 12.3 Å². The molecule has 2 N–H and O–H groups in total. The molecule has 1 aromatic rings. The van der Waals surface area contributed by atoms with Crippen molar-refractivity contribution in [2.45, 2.75) is 39.7 Å². The van der Waals surface area contributed by atoms with Crippen LogP contribution in [-0.2, 0) is 0 Å². The third kappa shape index (κ3) is 4.17. The van der Waals surface area contributed by atoms with Crippen molar-refractivity contribution < 1.29 is 10.0 Å². The zero-order valence-electron chi connectivity index (χ0n) is 11.6. The van der Waals surface area contributed by atoms with Crippen LogP contribution < -0.4 is 5.32 Å². The SMILES string of the molecule is CCC(CC)C(O)CNc1cc([N+](=O)[O-])c(C)cn1. The van der Waals surface area contributed by atoms with Gasteiger partial charge in [0.25, 0.3) is 5.69 Å². The maximum absolute atomic E-state index is 10.8. The van der Waals surface area contributed by atoms with Crippen LogP contribution in [-0.4, -0.2) is 27.7 Å². The van der Waals surface area contributed by atoms with E-state index in [2.05, 4.69) is 10.3 Å². The molecule has 0 radical (unpaired) electrons. The summed E-state index contributed by atoms with van der Waals surface area (Å²) in [5, 5.41) is 23.7. The Balaban J connectivity index is 2.68. The number of nitro groups is 1. The molecule has 0 saturated carbocycles. The van der Waals surface area contributed by atoms with Crippen LogP contribution >= 0.6 is 0 Å². The number of aliphatic hydroxyl groups excluding tert-OH is 1. The molecule has 0 aliphatic carbocycles. The Morgan fingerprint density at radius 3 is 2.63 bits per heavy atom. The lowest BCUT2D eigenvalue weighted by molar-refractivity contribution is -0.385. The van der Waals surface area contributed by atoms with Crippen molar-refractivity contribution in [1.29, 1.82) is 0 Å². The molecule has 106 valence electrons. The lowest BCUT2D eigenvalue weighted by Crippen LogP contribution is -2.27. The number of nitrogens with one attached hydrogen (secondary N) is 1. The Hall–Kier alpha value is -1.69. The van der Waals surface area contributed by atoms with E-state index in [1.54, 1.807) is 6.92 Å². The third-order valence-corrected chi connectivity index (χ3v) is 3.36. The van der Waals surface area contributed by atoms with Crippen LogP contribution in [0.2, 0.25) is 0 Å². The number of hydrogen-bond acceptors (Lipinski definition) is 5. The van der Waals surface area contributed by atoms with Crippen molar-refractivity contribution in [3.8, 4) is 0 Å². The molecule has 0 aromatic carbocycles. The van der Waals surface area contributed by atoms with E-state index >= 15 is 0 Å². The Labute approximate surface area is 113 Å². The molecule has 19 heavy (non-hydrogen) atoms. The summed E-state index contributed by atoms with van der Waals surface area (Å²) in [6, 6.07) is 1.40. The molecule has 1 aromatic heterocycles. The van der Waals surface area contributed by atoms with Gasteiger partial charge in [0.05, 0.1) is 17.1 Å². The van der Waals surface area contributed by atoms with Crippen molar-refractivity contribution >= 4 is 11.5 Å². The Morgan fingerprint density at radius 1 is 1.47 bits per heavy atom. The summed E-state index contributed by atoms with van der Waals surface area (Å²) >= 11 is 0. The van der Waals surface area contributed by atoms with E-state index in [0.717, 1.165) is 12.8 Å². The first-order valence-corrected chi connectivity index (χ1v) is 6.52. The summed E-state index contributed by atoms with van der Waals surface area (Å²) < 4.78 is 0. The molecule has 0 aliphatic heterocycles. The first-order chi connectivity index (χ1) is 8.99. The van der Waals surface area contributed by atoms with Gasteiger partial charge in [-0.3, -0.25) is 10.1 Å². The number of nitrogens with zero attached hydrogens (tertiary/aromatic N) is 2. The summed E-state index contributed by atoms with van der Waals surface area (Å²) in [6.45, 7) is 6.06. The van der Waals surface area contributed by atoms with Gasteiger partial charge in [0, 0.05) is 18.3 Å². The molecule has 0 fully saturated rings. The number of pyridine rings is 1. The summed E-state index contributed by atoms with van der Waals surface area (Å²) in [5.41, 5.74) is 0.561.